The lowest BCUT2D eigenvalue weighted by Crippen LogP contribution is -2.16. The van der Waals surface area contributed by atoms with Crippen molar-refractivity contribution in [1.82, 2.24) is 14.6 Å². The molecule has 1 aliphatic carbocycles. The fraction of sp³-hybridized carbons (Fsp3) is 0.238. The van der Waals surface area contributed by atoms with E-state index < -0.39 is 5.95 Å². The molecule has 27 heavy (non-hydrogen) atoms. The zero-order valence-corrected chi connectivity index (χ0v) is 14.7. The lowest BCUT2D eigenvalue weighted by atomic mass is 10.0. The molecule has 0 bridgehead atoms. The number of furan rings is 1. The van der Waals surface area contributed by atoms with Crippen LogP contribution in [-0.2, 0) is 0 Å². The minimum absolute atomic E-state index is 0.466. The number of rotatable bonds is 4. The first-order valence-electron chi connectivity index (χ1n) is 9.24. The normalized spacial score (nSPS) is 14.9. The van der Waals surface area contributed by atoms with Crippen LogP contribution in [0.4, 0.5) is 10.2 Å². The number of anilines is 1. The maximum absolute atomic E-state index is 13.8. The first-order valence-corrected chi connectivity index (χ1v) is 9.24. The number of nitrogens with one attached hydrogen (secondary N) is 1. The van der Waals surface area contributed by atoms with E-state index in [0.717, 1.165) is 22.5 Å². The van der Waals surface area contributed by atoms with Gasteiger partial charge in [-0.05, 0) is 48.7 Å². The van der Waals surface area contributed by atoms with Crippen LogP contribution in [0.25, 0.3) is 28.1 Å². The zero-order valence-electron chi connectivity index (χ0n) is 14.7. The molecule has 1 fully saturated rings. The van der Waals surface area contributed by atoms with Crippen LogP contribution >= 0.6 is 0 Å². The second kappa shape index (κ2) is 6.54. The van der Waals surface area contributed by atoms with Crippen LogP contribution in [0.5, 0.6) is 0 Å². The number of hydrogen-bond donors (Lipinski definition) is 1. The third kappa shape index (κ3) is 2.87. The molecule has 1 aliphatic rings. The van der Waals surface area contributed by atoms with E-state index in [0.29, 0.717) is 17.5 Å². The summed E-state index contributed by atoms with van der Waals surface area (Å²) in [4.78, 5) is 3.68. The van der Waals surface area contributed by atoms with E-state index in [1.165, 1.54) is 37.9 Å². The summed E-state index contributed by atoms with van der Waals surface area (Å²) in [5, 5.41) is 8.44. The van der Waals surface area contributed by atoms with Crippen LogP contribution in [-0.4, -0.2) is 20.6 Å². The van der Waals surface area contributed by atoms with Gasteiger partial charge in [-0.1, -0.05) is 18.9 Å². The Morgan fingerprint density at radius 3 is 2.78 bits per heavy atom. The molecule has 0 atom stereocenters. The molecule has 136 valence electrons. The van der Waals surface area contributed by atoms with Gasteiger partial charge in [-0.3, -0.25) is 0 Å². The van der Waals surface area contributed by atoms with Crippen molar-refractivity contribution in [2.24, 2.45) is 0 Å². The second-order valence-electron chi connectivity index (χ2n) is 6.90. The Morgan fingerprint density at radius 2 is 2.00 bits per heavy atom. The van der Waals surface area contributed by atoms with Gasteiger partial charge in [0.15, 0.2) is 5.76 Å². The summed E-state index contributed by atoms with van der Waals surface area (Å²) in [6.07, 6.45) is 7.95. The Balaban J connectivity index is 1.72. The summed E-state index contributed by atoms with van der Waals surface area (Å²) in [6, 6.07) is 13.4. The van der Waals surface area contributed by atoms with Crippen LogP contribution in [0, 0.1) is 5.95 Å². The molecule has 0 radical (unpaired) electrons. The van der Waals surface area contributed by atoms with Crippen molar-refractivity contribution in [1.29, 1.82) is 0 Å². The van der Waals surface area contributed by atoms with E-state index in [4.69, 9.17) is 9.52 Å². The Bertz CT molecular complexity index is 1080. The zero-order chi connectivity index (χ0) is 18.2. The molecule has 0 spiro atoms. The third-order valence-corrected chi connectivity index (χ3v) is 5.13. The molecule has 0 aromatic carbocycles. The highest BCUT2D eigenvalue weighted by molar-refractivity contribution is 5.91. The van der Waals surface area contributed by atoms with Gasteiger partial charge in [0.1, 0.15) is 11.5 Å². The minimum Gasteiger partial charge on any atom is -0.463 e. The van der Waals surface area contributed by atoms with Crippen LogP contribution in [0.3, 0.4) is 0 Å². The molecule has 6 heteroatoms. The van der Waals surface area contributed by atoms with Crippen molar-refractivity contribution in [2.75, 3.05) is 5.32 Å². The molecule has 5 rings (SSSR count). The Labute approximate surface area is 155 Å². The van der Waals surface area contributed by atoms with Crippen molar-refractivity contribution in [3.05, 3.63) is 60.9 Å². The average molecular weight is 362 g/mol. The molecule has 4 aromatic heterocycles. The maximum atomic E-state index is 13.8. The highest BCUT2D eigenvalue weighted by atomic mass is 19.1. The van der Waals surface area contributed by atoms with E-state index >= 15 is 0 Å². The van der Waals surface area contributed by atoms with Gasteiger partial charge >= 0.3 is 0 Å². The summed E-state index contributed by atoms with van der Waals surface area (Å²) in [5.41, 5.74) is 3.14. The van der Waals surface area contributed by atoms with Gasteiger partial charge < -0.3 is 9.73 Å². The minimum atomic E-state index is -0.516. The monoisotopic (exact) mass is 362 g/mol. The van der Waals surface area contributed by atoms with E-state index in [1.54, 1.807) is 12.3 Å². The molecular weight excluding hydrogens is 343 g/mol. The van der Waals surface area contributed by atoms with E-state index in [2.05, 4.69) is 10.3 Å². The van der Waals surface area contributed by atoms with Gasteiger partial charge in [0.05, 0.1) is 11.8 Å². The lowest BCUT2D eigenvalue weighted by molar-refractivity contribution is 0.579. The molecular formula is C21H19FN4O. The Morgan fingerprint density at radius 1 is 1.11 bits per heavy atom. The number of halogens is 1. The number of hydrogen-bond acceptors (Lipinski definition) is 4. The second-order valence-corrected chi connectivity index (χ2v) is 6.90. The van der Waals surface area contributed by atoms with Crippen molar-refractivity contribution >= 4 is 11.3 Å². The molecule has 4 heterocycles. The first-order chi connectivity index (χ1) is 13.3. The summed E-state index contributed by atoms with van der Waals surface area (Å²) >= 11 is 0. The summed E-state index contributed by atoms with van der Waals surface area (Å²) < 4.78 is 21.3. The molecule has 1 N–H and O–H groups in total. The maximum Gasteiger partial charge on any atom is 0.213 e. The first kappa shape index (κ1) is 16.1. The van der Waals surface area contributed by atoms with Crippen molar-refractivity contribution in [2.45, 2.75) is 31.7 Å². The van der Waals surface area contributed by atoms with Gasteiger partial charge in [0.2, 0.25) is 5.95 Å². The lowest BCUT2D eigenvalue weighted by Gasteiger charge is -2.14. The van der Waals surface area contributed by atoms with Crippen LogP contribution < -0.4 is 5.32 Å². The summed E-state index contributed by atoms with van der Waals surface area (Å²) in [5.74, 6) is 1.07. The van der Waals surface area contributed by atoms with E-state index in [9.17, 15) is 4.39 Å². The van der Waals surface area contributed by atoms with Crippen LogP contribution in [0.2, 0.25) is 0 Å². The molecule has 1 saturated carbocycles. The van der Waals surface area contributed by atoms with Gasteiger partial charge in [-0.25, -0.2) is 9.50 Å². The van der Waals surface area contributed by atoms with E-state index in [1.807, 2.05) is 34.8 Å². The van der Waals surface area contributed by atoms with Crippen molar-refractivity contribution in [3.63, 3.8) is 0 Å². The molecule has 0 unspecified atom stereocenters. The molecule has 0 amide bonds. The van der Waals surface area contributed by atoms with Gasteiger partial charge in [0, 0.05) is 23.9 Å². The highest BCUT2D eigenvalue weighted by Gasteiger charge is 2.21. The van der Waals surface area contributed by atoms with Gasteiger partial charge in [-0.15, -0.1) is 0 Å². The highest BCUT2D eigenvalue weighted by Crippen LogP contribution is 2.36. The topological polar surface area (TPSA) is 55.4 Å². The number of fused-ring (bicyclic) bond motifs is 1. The van der Waals surface area contributed by atoms with Crippen LogP contribution in [0.15, 0.2) is 59.3 Å². The standard InChI is InChI=1S/C21H19FN4O/c22-18-13-14(10-11-23-18)20-16-7-3-9-19(24-15-5-1-2-6-15)26(16)25-21(20)17-8-4-12-27-17/h3-4,7-13,15,24H,1-2,5-6H2. The predicted octanol–water partition coefficient (Wildman–Crippen LogP) is 5.15. The predicted molar refractivity (Wildman–Crippen MR) is 102 cm³/mol. The summed E-state index contributed by atoms with van der Waals surface area (Å²) in [7, 11) is 0. The fourth-order valence-electron chi connectivity index (χ4n) is 3.89. The Hall–Kier alpha value is -3.15. The van der Waals surface area contributed by atoms with Gasteiger partial charge in [0.25, 0.3) is 0 Å². The van der Waals surface area contributed by atoms with Gasteiger partial charge in [-0.2, -0.15) is 9.49 Å². The molecule has 4 aromatic rings. The third-order valence-electron chi connectivity index (χ3n) is 5.13. The number of aromatic nitrogens is 3. The van der Waals surface area contributed by atoms with Crippen LogP contribution in [0.1, 0.15) is 25.7 Å². The average Bonchev–Trinajstić information content (AvgIpc) is 3.42. The molecule has 0 aliphatic heterocycles. The number of pyridine rings is 2. The fourth-order valence-corrected chi connectivity index (χ4v) is 3.89. The number of nitrogens with zero attached hydrogens (tertiary/aromatic N) is 3. The van der Waals surface area contributed by atoms with Crippen molar-refractivity contribution in [3.8, 4) is 22.6 Å². The van der Waals surface area contributed by atoms with E-state index in [-0.39, 0.29) is 0 Å². The summed E-state index contributed by atoms with van der Waals surface area (Å²) in [6.45, 7) is 0. The molecule has 0 saturated heterocycles. The SMILES string of the molecule is Fc1cc(-c2c(-c3ccco3)nn3c(NC4CCCC4)cccc23)ccn1. The largest absolute Gasteiger partial charge is 0.463 e. The van der Waals surface area contributed by atoms with Crippen molar-refractivity contribution < 1.29 is 8.81 Å². The smallest absolute Gasteiger partial charge is 0.213 e. The Kier molecular flexibility index (Phi) is 3.89. The molecule has 5 nitrogen and oxygen atoms in total. The quantitative estimate of drug-likeness (QED) is 0.510.